The van der Waals surface area contributed by atoms with E-state index in [4.69, 9.17) is 11.6 Å². The molecule has 0 atom stereocenters. The lowest BCUT2D eigenvalue weighted by Gasteiger charge is -2.11. The average Bonchev–Trinajstić information content (AvgIpc) is 2.35. The van der Waals surface area contributed by atoms with Gasteiger partial charge in [0.2, 0.25) is 0 Å². The fourth-order valence-electron chi connectivity index (χ4n) is 1.92. The van der Waals surface area contributed by atoms with Crippen molar-refractivity contribution in [3.63, 3.8) is 0 Å². The Morgan fingerprint density at radius 1 is 1.17 bits per heavy atom. The molecule has 0 bridgehead atoms. The van der Waals surface area contributed by atoms with E-state index in [1.165, 1.54) is 6.07 Å². The van der Waals surface area contributed by atoms with E-state index >= 15 is 0 Å². The summed E-state index contributed by atoms with van der Waals surface area (Å²) in [5, 5.41) is 3.79. The van der Waals surface area contributed by atoms with Crippen molar-refractivity contribution in [2.45, 2.75) is 13.5 Å². The number of hydrogen-bond acceptors (Lipinski definition) is 1. The van der Waals surface area contributed by atoms with Gasteiger partial charge in [-0.05, 0) is 54.4 Å². The minimum absolute atomic E-state index is 0.235. The smallest absolute Gasteiger partial charge is 0.123 e. The van der Waals surface area contributed by atoms with Crippen LogP contribution < -0.4 is 5.32 Å². The predicted molar refractivity (Wildman–Crippen MR) is 74.3 cm³/mol. The Bertz CT molecular complexity index is 566. The first-order valence-corrected chi connectivity index (χ1v) is 6.19. The molecule has 0 saturated carbocycles. The third-order valence-corrected chi connectivity index (χ3v) is 3.33. The molecule has 0 unspecified atom stereocenters. The summed E-state index contributed by atoms with van der Waals surface area (Å²) < 4.78 is 13.4. The highest BCUT2D eigenvalue weighted by molar-refractivity contribution is 6.31. The lowest BCUT2D eigenvalue weighted by molar-refractivity contribution is 0.627. The molecule has 0 amide bonds. The second kappa shape index (κ2) is 5.51. The third-order valence-electron chi connectivity index (χ3n) is 2.92. The van der Waals surface area contributed by atoms with E-state index in [1.54, 1.807) is 12.1 Å². The van der Waals surface area contributed by atoms with Crippen LogP contribution in [0.1, 0.15) is 11.1 Å². The second-order valence-corrected chi connectivity index (χ2v) is 4.70. The molecule has 18 heavy (non-hydrogen) atoms. The first-order chi connectivity index (χ1) is 8.61. The van der Waals surface area contributed by atoms with E-state index in [0.717, 1.165) is 22.3 Å². The third kappa shape index (κ3) is 2.71. The van der Waals surface area contributed by atoms with Gasteiger partial charge >= 0.3 is 0 Å². The minimum atomic E-state index is -0.235. The van der Waals surface area contributed by atoms with Crippen molar-refractivity contribution in [3.05, 3.63) is 58.4 Å². The highest BCUT2D eigenvalue weighted by Gasteiger charge is 2.07. The maximum atomic E-state index is 13.4. The van der Waals surface area contributed by atoms with Crippen LogP contribution in [0.3, 0.4) is 0 Å². The second-order valence-electron chi connectivity index (χ2n) is 4.30. The van der Waals surface area contributed by atoms with Crippen molar-refractivity contribution in [2.24, 2.45) is 0 Å². The van der Waals surface area contributed by atoms with E-state index in [1.807, 2.05) is 32.2 Å². The molecule has 0 aliphatic carbocycles. The van der Waals surface area contributed by atoms with Gasteiger partial charge in [-0.25, -0.2) is 4.39 Å². The summed E-state index contributed by atoms with van der Waals surface area (Å²) in [5.74, 6) is -0.235. The molecule has 2 aromatic carbocycles. The highest BCUT2D eigenvalue weighted by Crippen LogP contribution is 2.28. The van der Waals surface area contributed by atoms with Crippen molar-refractivity contribution in [3.8, 4) is 11.1 Å². The van der Waals surface area contributed by atoms with Gasteiger partial charge in [-0.1, -0.05) is 29.8 Å². The van der Waals surface area contributed by atoms with Crippen LogP contribution in [0.5, 0.6) is 0 Å². The Morgan fingerprint density at radius 2 is 1.94 bits per heavy atom. The fraction of sp³-hybridized carbons (Fsp3) is 0.200. The van der Waals surface area contributed by atoms with E-state index < -0.39 is 0 Å². The van der Waals surface area contributed by atoms with E-state index in [9.17, 15) is 4.39 Å². The monoisotopic (exact) mass is 263 g/mol. The SMILES string of the molecule is CNCc1ccc(F)cc1-c1ccc(C)c(Cl)c1. The Balaban J connectivity index is 2.54. The van der Waals surface area contributed by atoms with E-state index in [-0.39, 0.29) is 5.82 Å². The van der Waals surface area contributed by atoms with Gasteiger partial charge in [0, 0.05) is 11.6 Å². The van der Waals surface area contributed by atoms with Crippen molar-refractivity contribution in [1.82, 2.24) is 5.32 Å². The fourth-order valence-corrected chi connectivity index (χ4v) is 2.10. The van der Waals surface area contributed by atoms with Gasteiger partial charge < -0.3 is 5.32 Å². The van der Waals surface area contributed by atoms with E-state index in [2.05, 4.69) is 5.32 Å². The van der Waals surface area contributed by atoms with Crippen LogP contribution in [0.25, 0.3) is 11.1 Å². The Morgan fingerprint density at radius 3 is 2.61 bits per heavy atom. The summed E-state index contributed by atoms with van der Waals surface area (Å²) in [7, 11) is 1.87. The zero-order valence-corrected chi connectivity index (χ0v) is 11.2. The summed E-state index contributed by atoms with van der Waals surface area (Å²) in [5.41, 5.74) is 3.90. The van der Waals surface area contributed by atoms with Crippen LogP contribution in [-0.2, 0) is 6.54 Å². The van der Waals surface area contributed by atoms with Crippen molar-refractivity contribution in [2.75, 3.05) is 7.05 Å². The van der Waals surface area contributed by atoms with Crippen molar-refractivity contribution >= 4 is 11.6 Å². The summed E-state index contributed by atoms with van der Waals surface area (Å²) in [6, 6.07) is 10.6. The van der Waals surface area contributed by atoms with Crippen LogP contribution in [0.15, 0.2) is 36.4 Å². The van der Waals surface area contributed by atoms with Gasteiger partial charge in [0.1, 0.15) is 5.82 Å². The standard InChI is InChI=1S/C15H15ClFN/c1-10-3-4-11(7-15(10)16)14-8-13(17)6-5-12(14)9-18-2/h3-8,18H,9H2,1-2H3. The van der Waals surface area contributed by atoms with Gasteiger partial charge in [0.25, 0.3) is 0 Å². The normalized spacial score (nSPS) is 10.7. The van der Waals surface area contributed by atoms with Crippen LogP contribution in [0, 0.1) is 12.7 Å². The Hall–Kier alpha value is -1.38. The number of aryl methyl sites for hydroxylation is 1. The van der Waals surface area contributed by atoms with Gasteiger partial charge in [-0.15, -0.1) is 0 Å². The van der Waals surface area contributed by atoms with Crippen LogP contribution >= 0.6 is 11.6 Å². The number of hydrogen-bond donors (Lipinski definition) is 1. The Kier molecular flexibility index (Phi) is 4.00. The number of benzene rings is 2. The number of rotatable bonds is 3. The topological polar surface area (TPSA) is 12.0 Å². The molecule has 1 N–H and O–H groups in total. The zero-order valence-electron chi connectivity index (χ0n) is 10.4. The van der Waals surface area contributed by atoms with Crippen LogP contribution in [0.2, 0.25) is 5.02 Å². The molecule has 0 saturated heterocycles. The quantitative estimate of drug-likeness (QED) is 0.876. The van der Waals surface area contributed by atoms with Crippen LogP contribution in [0.4, 0.5) is 4.39 Å². The minimum Gasteiger partial charge on any atom is -0.316 e. The molecule has 0 aliphatic rings. The van der Waals surface area contributed by atoms with Crippen molar-refractivity contribution < 1.29 is 4.39 Å². The van der Waals surface area contributed by atoms with E-state index in [0.29, 0.717) is 11.6 Å². The number of halogens is 2. The molecule has 0 aromatic heterocycles. The molecular weight excluding hydrogens is 249 g/mol. The zero-order chi connectivity index (χ0) is 13.1. The molecule has 0 radical (unpaired) electrons. The predicted octanol–water partition coefficient (Wildman–Crippen LogP) is 4.17. The average molecular weight is 264 g/mol. The first-order valence-electron chi connectivity index (χ1n) is 5.81. The Labute approximate surface area is 112 Å². The summed E-state index contributed by atoms with van der Waals surface area (Å²) in [6.07, 6.45) is 0. The largest absolute Gasteiger partial charge is 0.316 e. The summed E-state index contributed by atoms with van der Waals surface area (Å²) in [6.45, 7) is 2.65. The number of nitrogens with one attached hydrogen (secondary N) is 1. The summed E-state index contributed by atoms with van der Waals surface area (Å²) >= 11 is 6.12. The molecule has 1 nitrogen and oxygen atoms in total. The molecule has 3 heteroatoms. The van der Waals surface area contributed by atoms with Crippen LogP contribution in [-0.4, -0.2) is 7.05 Å². The lowest BCUT2D eigenvalue weighted by atomic mass is 9.98. The molecule has 0 spiro atoms. The summed E-state index contributed by atoms with van der Waals surface area (Å²) in [4.78, 5) is 0. The first kappa shape index (κ1) is 13.1. The molecule has 0 fully saturated rings. The molecule has 0 aliphatic heterocycles. The molecular formula is C15H15ClFN. The van der Waals surface area contributed by atoms with Gasteiger partial charge in [0.05, 0.1) is 0 Å². The maximum absolute atomic E-state index is 13.4. The maximum Gasteiger partial charge on any atom is 0.123 e. The molecule has 2 aromatic rings. The van der Waals surface area contributed by atoms with Gasteiger partial charge in [-0.3, -0.25) is 0 Å². The van der Waals surface area contributed by atoms with Crippen molar-refractivity contribution in [1.29, 1.82) is 0 Å². The molecule has 0 heterocycles. The highest BCUT2D eigenvalue weighted by atomic mass is 35.5. The van der Waals surface area contributed by atoms with Gasteiger partial charge in [0.15, 0.2) is 0 Å². The molecule has 94 valence electrons. The lowest BCUT2D eigenvalue weighted by Crippen LogP contribution is -2.06. The van der Waals surface area contributed by atoms with Gasteiger partial charge in [-0.2, -0.15) is 0 Å². The molecule has 2 rings (SSSR count).